The predicted octanol–water partition coefficient (Wildman–Crippen LogP) is 3.05. The van der Waals surface area contributed by atoms with E-state index in [1.807, 2.05) is 13.0 Å². The van der Waals surface area contributed by atoms with Crippen molar-refractivity contribution < 1.29 is 9.47 Å². The van der Waals surface area contributed by atoms with Crippen LogP contribution in [0.5, 0.6) is 5.88 Å². The fourth-order valence-electron chi connectivity index (χ4n) is 3.43. The number of hydrogen-bond acceptors (Lipinski definition) is 5. The van der Waals surface area contributed by atoms with Crippen LogP contribution in [-0.4, -0.2) is 42.4 Å². The van der Waals surface area contributed by atoms with Crippen molar-refractivity contribution in [1.82, 2.24) is 9.97 Å². The van der Waals surface area contributed by atoms with Gasteiger partial charge in [-0.15, -0.1) is 0 Å². The van der Waals surface area contributed by atoms with Crippen LogP contribution in [0.15, 0.2) is 12.4 Å². The standard InChI is InChI=1S/C17H27N3O2/c1-2-21-17-11-16(18-13-19-17)20-9-7-15(8-10-20)22-12-14-5-3-4-6-14/h11,13-15H,2-10,12H2,1H3. The number of rotatable bonds is 6. The Hall–Kier alpha value is -1.36. The van der Waals surface area contributed by atoms with E-state index < -0.39 is 0 Å². The maximum absolute atomic E-state index is 6.13. The molecule has 5 heteroatoms. The molecule has 0 atom stereocenters. The Kier molecular flexibility index (Phi) is 5.48. The van der Waals surface area contributed by atoms with Gasteiger partial charge in [-0.05, 0) is 38.5 Å². The third-order valence-electron chi connectivity index (χ3n) is 4.73. The highest BCUT2D eigenvalue weighted by Gasteiger charge is 2.23. The molecule has 2 fully saturated rings. The van der Waals surface area contributed by atoms with Crippen molar-refractivity contribution in [1.29, 1.82) is 0 Å². The zero-order valence-corrected chi connectivity index (χ0v) is 13.5. The fourth-order valence-corrected chi connectivity index (χ4v) is 3.43. The van der Waals surface area contributed by atoms with Gasteiger partial charge in [0.2, 0.25) is 5.88 Å². The summed E-state index contributed by atoms with van der Waals surface area (Å²) in [5, 5.41) is 0. The lowest BCUT2D eigenvalue weighted by atomic mass is 10.1. The lowest BCUT2D eigenvalue weighted by Crippen LogP contribution is -2.38. The summed E-state index contributed by atoms with van der Waals surface area (Å²) in [5.41, 5.74) is 0. The molecule has 5 nitrogen and oxygen atoms in total. The van der Waals surface area contributed by atoms with Gasteiger partial charge in [0.15, 0.2) is 0 Å². The Morgan fingerprint density at radius 1 is 1.14 bits per heavy atom. The molecule has 0 N–H and O–H groups in total. The molecule has 122 valence electrons. The summed E-state index contributed by atoms with van der Waals surface area (Å²) in [4.78, 5) is 10.8. The summed E-state index contributed by atoms with van der Waals surface area (Å²) in [5.74, 6) is 2.44. The van der Waals surface area contributed by atoms with Gasteiger partial charge in [-0.1, -0.05) is 12.8 Å². The molecular formula is C17H27N3O2. The summed E-state index contributed by atoms with van der Waals surface area (Å²) in [6, 6.07) is 1.93. The van der Waals surface area contributed by atoms with Gasteiger partial charge in [0.05, 0.1) is 12.7 Å². The number of hydrogen-bond donors (Lipinski definition) is 0. The Labute approximate surface area is 133 Å². The van der Waals surface area contributed by atoms with Gasteiger partial charge in [-0.3, -0.25) is 0 Å². The Morgan fingerprint density at radius 2 is 1.91 bits per heavy atom. The summed E-state index contributed by atoms with van der Waals surface area (Å²) in [7, 11) is 0. The highest BCUT2D eigenvalue weighted by molar-refractivity contribution is 5.41. The van der Waals surface area contributed by atoms with E-state index in [1.165, 1.54) is 25.7 Å². The minimum atomic E-state index is 0.421. The van der Waals surface area contributed by atoms with Gasteiger partial charge < -0.3 is 14.4 Å². The van der Waals surface area contributed by atoms with Gasteiger partial charge in [0.25, 0.3) is 0 Å². The molecule has 1 aromatic heterocycles. The van der Waals surface area contributed by atoms with E-state index in [0.717, 1.165) is 44.3 Å². The second-order valence-electron chi connectivity index (χ2n) is 6.32. The van der Waals surface area contributed by atoms with Gasteiger partial charge in [-0.2, -0.15) is 0 Å². The molecule has 1 aromatic rings. The van der Waals surface area contributed by atoms with Crippen LogP contribution >= 0.6 is 0 Å². The maximum atomic E-state index is 6.13. The first-order chi connectivity index (χ1) is 10.8. The Balaban J connectivity index is 1.45. The van der Waals surface area contributed by atoms with Crippen LogP contribution in [0.4, 0.5) is 5.82 Å². The molecule has 0 spiro atoms. The quantitative estimate of drug-likeness (QED) is 0.808. The van der Waals surface area contributed by atoms with Crippen LogP contribution in [-0.2, 0) is 4.74 Å². The third-order valence-corrected chi connectivity index (χ3v) is 4.73. The van der Waals surface area contributed by atoms with Crippen molar-refractivity contribution >= 4 is 5.82 Å². The van der Waals surface area contributed by atoms with Crippen molar-refractivity contribution in [2.75, 3.05) is 31.2 Å². The molecule has 0 aromatic carbocycles. The number of ether oxygens (including phenoxy) is 2. The number of aromatic nitrogens is 2. The molecule has 2 aliphatic rings. The zero-order valence-electron chi connectivity index (χ0n) is 13.5. The van der Waals surface area contributed by atoms with Gasteiger partial charge in [-0.25, -0.2) is 9.97 Å². The molecule has 3 rings (SSSR count). The third kappa shape index (κ3) is 4.09. The monoisotopic (exact) mass is 305 g/mol. The van der Waals surface area contributed by atoms with E-state index in [1.54, 1.807) is 6.33 Å². The van der Waals surface area contributed by atoms with Gasteiger partial charge in [0.1, 0.15) is 12.1 Å². The largest absolute Gasteiger partial charge is 0.478 e. The highest BCUT2D eigenvalue weighted by atomic mass is 16.5. The number of piperidine rings is 1. The molecule has 1 saturated carbocycles. The SMILES string of the molecule is CCOc1cc(N2CCC(OCC3CCCC3)CC2)ncn1. The van der Waals surface area contributed by atoms with Crippen LogP contribution in [0.3, 0.4) is 0 Å². The minimum Gasteiger partial charge on any atom is -0.478 e. The fraction of sp³-hybridized carbons (Fsp3) is 0.765. The molecule has 0 bridgehead atoms. The van der Waals surface area contributed by atoms with Crippen LogP contribution in [0.2, 0.25) is 0 Å². The van der Waals surface area contributed by atoms with E-state index >= 15 is 0 Å². The van der Waals surface area contributed by atoms with Crippen LogP contribution < -0.4 is 9.64 Å². The Bertz CT molecular complexity index is 455. The molecule has 1 aliphatic carbocycles. The average Bonchev–Trinajstić information content (AvgIpc) is 3.08. The van der Waals surface area contributed by atoms with Crippen molar-refractivity contribution in [2.24, 2.45) is 5.92 Å². The molecule has 0 amide bonds. The van der Waals surface area contributed by atoms with Crippen molar-refractivity contribution in [3.63, 3.8) is 0 Å². The molecule has 22 heavy (non-hydrogen) atoms. The molecule has 1 saturated heterocycles. The first-order valence-corrected chi connectivity index (χ1v) is 8.66. The highest BCUT2D eigenvalue weighted by Crippen LogP contribution is 2.27. The van der Waals surface area contributed by atoms with E-state index in [0.29, 0.717) is 18.6 Å². The summed E-state index contributed by atoms with van der Waals surface area (Å²) < 4.78 is 11.6. The molecular weight excluding hydrogens is 278 g/mol. The van der Waals surface area contributed by atoms with Gasteiger partial charge in [0, 0.05) is 25.8 Å². The number of nitrogens with zero attached hydrogens (tertiary/aromatic N) is 3. The molecule has 0 radical (unpaired) electrons. The van der Waals surface area contributed by atoms with E-state index in [9.17, 15) is 0 Å². The number of anilines is 1. The molecule has 0 unspecified atom stereocenters. The molecule has 2 heterocycles. The van der Waals surface area contributed by atoms with Crippen LogP contribution in [0.1, 0.15) is 45.4 Å². The first kappa shape index (κ1) is 15.5. The van der Waals surface area contributed by atoms with Gasteiger partial charge >= 0.3 is 0 Å². The van der Waals surface area contributed by atoms with E-state index in [-0.39, 0.29) is 0 Å². The van der Waals surface area contributed by atoms with E-state index in [2.05, 4.69) is 14.9 Å². The minimum absolute atomic E-state index is 0.421. The van der Waals surface area contributed by atoms with Crippen LogP contribution in [0.25, 0.3) is 0 Å². The van der Waals surface area contributed by atoms with E-state index in [4.69, 9.17) is 9.47 Å². The summed E-state index contributed by atoms with van der Waals surface area (Å²) >= 11 is 0. The summed E-state index contributed by atoms with van der Waals surface area (Å²) in [6.45, 7) is 5.56. The Morgan fingerprint density at radius 3 is 2.64 bits per heavy atom. The topological polar surface area (TPSA) is 47.5 Å². The first-order valence-electron chi connectivity index (χ1n) is 8.66. The predicted molar refractivity (Wildman–Crippen MR) is 86.3 cm³/mol. The van der Waals surface area contributed by atoms with Crippen LogP contribution in [0, 0.1) is 5.92 Å². The zero-order chi connectivity index (χ0) is 15.2. The normalized spacial score (nSPS) is 20.5. The van der Waals surface area contributed by atoms with Crippen molar-refractivity contribution in [2.45, 2.75) is 51.6 Å². The lowest BCUT2D eigenvalue weighted by molar-refractivity contribution is 0.0164. The summed E-state index contributed by atoms with van der Waals surface area (Å²) in [6.07, 6.45) is 9.68. The smallest absolute Gasteiger partial charge is 0.218 e. The van der Waals surface area contributed by atoms with Crippen molar-refractivity contribution in [3.05, 3.63) is 12.4 Å². The lowest BCUT2D eigenvalue weighted by Gasteiger charge is -2.33. The second kappa shape index (κ2) is 7.77. The second-order valence-corrected chi connectivity index (χ2v) is 6.32. The van der Waals surface area contributed by atoms with Crippen molar-refractivity contribution in [3.8, 4) is 5.88 Å². The maximum Gasteiger partial charge on any atom is 0.218 e. The molecule has 1 aliphatic heterocycles. The average molecular weight is 305 g/mol.